The predicted octanol–water partition coefficient (Wildman–Crippen LogP) is 3.40. The molecule has 0 amide bonds. The molecule has 0 aliphatic carbocycles. The van der Waals surface area contributed by atoms with Crippen molar-refractivity contribution in [2.24, 2.45) is 0 Å². The highest BCUT2D eigenvalue weighted by Gasteiger charge is 2.50. The summed E-state index contributed by atoms with van der Waals surface area (Å²) in [4.78, 5) is 36.3. The van der Waals surface area contributed by atoms with E-state index in [0.717, 1.165) is 22.9 Å². The number of thioether (sulfide) groups is 1. The SMILES string of the molecule is CC(=O)OC1(O)C[C@H](OC(=O)c2ccc(C)cc2)[C@@H](COC(=O)c2ccc(C)cc2)S1. The van der Waals surface area contributed by atoms with Gasteiger partial charge in [-0.15, -0.1) is 0 Å². The lowest BCUT2D eigenvalue weighted by Gasteiger charge is -2.20. The average molecular weight is 445 g/mol. The van der Waals surface area contributed by atoms with E-state index >= 15 is 0 Å². The zero-order chi connectivity index (χ0) is 22.6. The molecule has 0 saturated carbocycles. The first kappa shape index (κ1) is 22.8. The Labute approximate surface area is 184 Å². The Kier molecular flexibility index (Phi) is 7.02. The zero-order valence-electron chi connectivity index (χ0n) is 17.5. The van der Waals surface area contributed by atoms with Crippen molar-refractivity contribution in [1.29, 1.82) is 0 Å². The zero-order valence-corrected chi connectivity index (χ0v) is 18.3. The number of ether oxygens (including phenoxy) is 3. The molecule has 7 nitrogen and oxygen atoms in total. The number of hydrogen-bond donors (Lipinski definition) is 1. The minimum absolute atomic E-state index is 0.132. The van der Waals surface area contributed by atoms with Crippen LogP contribution in [-0.2, 0) is 19.0 Å². The molecule has 1 aliphatic heterocycles. The van der Waals surface area contributed by atoms with E-state index in [1.165, 1.54) is 6.92 Å². The Morgan fingerprint density at radius 1 is 0.968 bits per heavy atom. The van der Waals surface area contributed by atoms with E-state index in [9.17, 15) is 19.5 Å². The lowest BCUT2D eigenvalue weighted by atomic mass is 10.1. The molecule has 1 unspecified atom stereocenters. The summed E-state index contributed by atoms with van der Waals surface area (Å²) in [5.41, 5.74) is 2.75. The van der Waals surface area contributed by atoms with Crippen LogP contribution in [-0.4, -0.2) is 46.1 Å². The Bertz CT molecular complexity index is 955. The van der Waals surface area contributed by atoms with Crippen LogP contribution in [0.5, 0.6) is 0 Å². The second-order valence-electron chi connectivity index (χ2n) is 7.44. The molecule has 3 rings (SSSR count). The van der Waals surface area contributed by atoms with Crippen LogP contribution in [0, 0.1) is 13.8 Å². The molecule has 1 N–H and O–H groups in total. The van der Waals surface area contributed by atoms with E-state index < -0.39 is 34.4 Å². The standard InChI is InChI=1S/C23H24O7S/c1-14-4-8-17(9-5-14)21(25)28-13-20-19(12-23(27,31-20)30-16(3)24)29-22(26)18-10-6-15(2)7-11-18/h4-11,19-20,27H,12-13H2,1-3H3/t19-,20+,23?/m0/s1. The third-order valence-electron chi connectivity index (χ3n) is 4.72. The third kappa shape index (κ3) is 6.08. The Hall–Kier alpha value is -2.84. The van der Waals surface area contributed by atoms with Gasteiger partial charge in [0.25, 0.3) is 5.12 Å². The van der Waals surface area contributed by atoms with Crippen LogP contribution >= 0.6 is 11.8 Å². The van der Waals surface area contributed by atoms with E-state index in [1.54, 1.807) is 48.5 Å². The van der Waals surface area contributed by atoms with Crippen LogP contribution in [0.25, 0.3) is 0 Å². The quantitative estimate of drug-likeness (QED) is 0.411. The summed E-state index contributed by atoms with van der Waals surface area (Å²) in [6.07, 6.45) is -0.962. The van der Waals surface area contributed by atoms with Gasteiger partial charge >= 0.3 is 17.9 Å². The summed E-state index contributed by atoms with van der Waals surface area (Å²) in [6.45, 7) is 4.86. The van der Waals surface area contributed by atoms with Gasteiger partial charge in [-0.2, -0.15) is 0 Å². The summed E-state index contributed by atoms with van der Waals surface area (Å²) in [7, 11) is 0. The number of carbonyl (C=O) groups excluding carboxylic acids is 3. The molecule has 31 heavy (non-hydrogen) atoms. The first-order valence-corrected chi connectivity index (χ1v) is 10.6. The molecule has 0 radical (unpaired) electrons. The molecule has 1 heterocycles. The monoisotopic (exact) mass is 444 g/mol. The van der Waals surface area contributed by atoms with Gasteiger partial charge in [0.2, 0.25) is 0 Å². The molecule has 2 aromatic carbocycles. The fourth-order valence-corrected chi connectivity index (χ4v) is 4.46. The average Bonchev–Trinajstić information content (AvgIpc) is 3.01. The van der Waals surface area contributed by atoms with Crippen LogP contribution in [0.1, 0.15) is 45.2 Å². The summed E-state index contributed by atoms with van der Waals surface area (Å²) in [5, 5.41) is 8.14. The number of esters is 3. The molecule has 0 aromatic heterocycles. The predicted molar refractivity (Wildman–Crippen MR) is 115 cm³/mol. The topological polar surface area (TPSA) is 99.1 Å². The minimum Gasteiger partial charge on any atom is -0.461 e. The number of carbonyl (C=O) groups is 3. The van der Waals surface area contributed by atoms with Crippen LogP contribution in [0.4, 0.5) is 0 Å². The number of benzene rings is 2. The van der Waals surface area contributed by atoms with E-state index in [2.05, 4.69) is 0 Å². The van der Waals surface area contributed by atoms with Crippen molar-refractivity contribution in [1.82, 2.24) is 0 Å². The molecule has 1 fully saturated rings. The van der Waals surface area contributed by atoms with Crippen LogP contribution in [0.15, 0.2) is 48.5 Å². The molecule has 1 saturated heterocycles. The van der Waals surface area contributed by atoms with Gasteiger partial charge in [-0.25, -0.2) is 9.59 Å². The molecule has 0 bridgehead atoms. The summed E-state index contributed by atoms with van der Waals surface area (Å²) < 4.78 is 16.0. The maximum Gasteiger partial charge on any atom is 0.338 e. The fourth-order valence-electron chi connectivity index (χ4n) is 3.12. The van der Waals surface area contributed by atoms with Gasteiger partial charge in [-0.1, -0.05) is 47.2 Å². The van der Waals surface area contributed by atoms with Gasteiger partial charge in [0.05, 0.1) is 22.8 Å². The van der Waals surface area contributed by atoms with Crippen LogP contribution in [0.3, 0.4) is 0 Å². The Balaban J connectivity index is 1.70. The number of rotatable bonds is 6. The highest BCUT2D eigenvalue weighted by molar-refractivity contribution is 8.01. The number of hydrogen-bond acceptors (Lipinski definition) is 8. The summed E-state index contributed by atoms with van der Waals surface area (Å²) in [5.74, 6) is -1.78. The van der Waals surface area contributed by atoms with Gasteiger partial charge in [0, 0.05) is 6.92 Å². The van der Waals surface area contributed by atoms with Gasteiger partial charge in [0.1, 0.15) is 12.7 Å². The van der Waals surface area contributed by atoms with Crippen LogP contribution in [0.2, 0.25) is 0 Å². The fraction of sp³-hybridized carbons (Fsp3) is 0.348. The van der Waals surface area contributed by atoms with Gasteiger partial charge in [-0.3, -0.25) is 4.79 Å². The molecule has 2 aromatic rings. The maximum absolute atomic E-state index is 12.6. The summed E-state index contributed by atoms with van der Waals surface area (Å²) >= 11 is 0.887. The Morgan fingerprint density at radius 2 is 1.48 bits per heavy atom. The Morgan fingerprint density at radius 3 is 2.00 bits per heavy atom. The molecule has 164 valence electrons. The first-order valence-electron chi connectivity index (χ1n) is 9.76. The van der Waals surface area contributed by atoms with E-state index in [4.69, 9.17) is 14.2 Å². The number of aryl methyl sites for hydroxylation is 2. The molecule has 0 spiro atoms. The second-order valence-corrected chi connectivity index (χ2v) is 8.92. The third-order valence-corrected chi connectivity index (χ3v) is 6.08. The van der Waals surface area contributed by atoms with Crippen molar-refractivity contribution in [2.45, 2.75) is 43.7 Å². The lowest BCUT2D eigenvalue weighted by molar-refractivity contribution is -0.176. The largest absolute Gasteiger partial charge is 0.461 e. The molecule has 1 aliphatic rings. The first-order chi connectivity index (χ1) is 14.6. The number of aliphatic hydroxyl groups is 1. The van der Waals surface area contributed by atoms with Crippen molar-refractivity contribution in [3.05, 3.63) is 70.8 Å². The smallest absolute Gasteiger partial charge is 0.338 e. The highest BCUT2D eigenvalue weighted by Crippen LogP contribution is 2.44. The van der Waals surface area contributed by atoms with Crippen molar-refractivity contribution in [3.8, 4) is 0 Å². The van der Waals surface area contributed by atoms with E-state index in [-0.39, 0.29) is 13.0 Å². The van der Waals surface area contributed by atoms with Crippen molar-refractivity contribution in [2.75, 3.05) is 6.61 Å². The minimum atomic E-state index is -1.87. The van der Waals surface area contributed by atoms with Gasteiger partial charge in [-0.05, 0) is 38.1 Å². The summed E-state index contributed by atoms with van der Waals surface area (Å²) in [6, 6.07) is 13.8. The van der Waals surface area contributed by atoms with Gasteiger partial charge in [0.15, 0.2) is 0 Å². The second kappa shape index (κ2) is 9.53. The molecular weight excluding hydrogens is 420 g/mol. The van der Waals surface area contributed by atoms with Crippen molar-refractivity contribution in [3.63, 3.8) is 0 Å². The van der Waals surface area contributed by atoms with Gasteiger partial charge < -0.3 is 19.3 Å². The van der Waals surface area contributed by atoms with Crippen LogP contribution < -0.4 is 0 Å². The lowest BCUT2D eigenvalue weighted by Crippen LogP contribution is -2.31. The molecular formula is C23H24O7S. The maximum atomic E-state index is 12.6. The van der Waals surface area contributed by atoms with E-state index in [0.29, 0.717) is 11.1 Å². The van der Waals surface area contributed by atoms with E-state index in [1.807, 2.05) is 13.8 Å². The normalized spacial score (nSPS) is 22.6. The molecule has 8 heteroatoms. The van der Waals surface area contributed by atoms with Crippen molar-refractivity contribution < 1.29 is 33.7 Å². The van der Waals surface area contributed by atoms with Crippen molar-refractivity contribution >= 4 is 29.7 Å². The molecule has 3 atom stereocenters. The highest BCUT2D eigenvalue weighted by atomic mass is 32.2.